The van der Waals surface area contributed by atoms with Gasteiger partial charge in [-0.25, -0.2) is 0 Å². The number of ether oxygens (including phenoxy) is 1. The first-order chi connectivity index (χ1) is 16.7. The highest BCUT2D eigenvalue weighted by molar-refractivity contribution is 5.76. The molecular formula is C27H36N4O4. The highest BCUT2D eigenvalue weighted by atomic mass is 16.5. The Balaban J connectivity index is 1.40. The number of aromatic nitrogens is 2. The maximum atomic E-state index is 13.4. The van der Waals surface area contributed by atoms with E-state index in [0.717, 1.165) is 42.2 Å². The molecular weight excluding hydrogens is 444 g/mol. The van der Waals surface area contributed by atoms with Gasteiger partial charge in [-0.2, -0.15) is 5.10 Å². The molecule has 2 N–H and O–H groups in total. The normalized spacial score (nSPS) is 32.4. The van der Waals surface area contributed by atoms with E-state index in [0.29, 0.717) is 25.3 Å². The molecule has 35 heavy (non-hydrogen) atoms. The Bertz CT molecular complexity index is 1160. The van der Waals surface area contributed by atoms with E-state index in [1.807, 2.05) is 30.9 Å². The summed E-state index contributed by atoms with van der Waals surface area (Å²) in [6, 6.07) is 5.40. The number of carbonyl (C=O) groups is 1. The number of nitrogens with zero attached hydrogens (tertiary/aromatic N) is 4. The molecule has 8 nitrogen and oxygen atoms in total. The van der Waals surface area contributed by atoms with Crippen molar-refractivity contribution >= 4 is 5.91 Å². The molecule has 2 aromatic rings. The maximum absolute atomic E-state index is 13.4. The Hall–Kier alpha value is -2.58. The Morgan fingerprint density at radius 1 is 1.20 bits per heavy atom. The van der Waals surface area contributed by atoms with Gasteiger partial charge in [-0.15, -0.1) is 0 Å². The van der Waals surface area contributed by atoms with E-state index in [4.69, 9.17) is 4.74 Å². The molecule has 1 aromatic heterocycles. The van der Waals surface area contributed by atoms with Crippen LogP contribution in [0.4, 0.5) is 0 Å². The van der Waals surface area contributed by atoms with Crippen molar-refractivity contribution in [1.29, 1.82) is 0 Å². The summed E-state index contributed by atoms with van der Waals surface area (Å²) >= 11 is 0. The number of piperidine rings is 1. The lowest BCUT2D eigenvalue weighted by Crippen LogP contribution is -2.70. The van der Waals surface area contributed by atoms with Crippen LogP contribution in [0.2, 0.25) is 0 Å². The molecule has 4 atom stereocenters. The first kappa shape index (κ1) is 22.9. The van der Waals surface area contributed by atoms with Gasteiger partial charge in [-0.3, -0.25) is 14.4 Å². The number of aryl methyl sites for hydroxylation is 2. The van der Waals surface area contributed by atoms with Crippen LogP contribution < -0.4 is 4.74 Å². The molecule has 188 valence electrons. The van der Waals surface area contributed by atoms with Crippen LogP contribution in [0, 0.1) is 19.8 Å². The van der Waals surface area contributed by atoms with Crippen molar-refractivity contribution in [2.45, 2.75) is 76.2 Å². The summed E-state index contributed by atoms with van der Waals surface area (Å²) in [4.78, 5) is 17.7. The number of phenols is 1. The Morgan fingerprint density at radius 3 is 2.71 bits per heavy atom. The second kappa shape index (κ2) is 7.96. The first-order valence-corrected chi connectivity index (χ1v) is 13.0. The van der Waals surface area contributed by atoms with Gasteiger partial charge in [0.05, 0.1) is 17.6 Å². The van der Waals surface area contributed by atoms with Crippen LogP contribution in [-0.4, -0.2) is 79.6 Å². The van der Waals surface area contributed by atoms with Crippen molar-refractivity contribution in [2.24, 2.45) is 5.92 Å². The van der Waals surface area contributed by atoms with Crippen LogP contribution in [0.3, 0.4) is 0 Å². The number of likely N-dealkylation sites (tertiary alicyclic amines) is 2. The zero-order valence-electron chi connectivity index (χ0n) is 20.9. The molecule has 3 unspecified atom stereocenters. The van der Waals surface area contributed by atoms with Crippen molar-refractivity contribution < 1.29 is 19.7 Å². The van der Waals surface area contributed by atoms with E-state index < -0.39 is 17.1 Å². The van der Waals surface area contributed by atoms with Gasteiger partial charge in [0.25, 0.3) is 0 Å². The SMILES string of the molecule is Cc1ccc(O)c2c1C13CCN(CC4CC4)C(C)C1(O)CCN(C(=O)Cn1nccc1C)C[C@@H]3O2. The quantitative estimate of drug-likeness (QED) is 0.698. The fourth-order valence-electron chi connectivity index (χ4n) is 7.06. The minimum absolute atomic E-state index is 0.0304. The monoisotopic (exact) mass is 480 g/mol. The molecule has 3 fully saturated rings. The standard InChI is InChI=1S/C27H36N4O4/c1-17-4-7-21(32)25-24(17)26-9-12-29(14-20-5-6-20)19(3)27(26,34)10-13-30(15-22(26)35-25)23(33)16-31-18(2)8-11-28-31/h4,7-8,11,19-20,22,32,34H,5-6,9-10,12-16H2,1-3H3/t19?,22-,26?,27?/m0/s1. The van der Waals surface area contributed by atoms with Crippen molar-refractivity contribution in [3.8, 4) is 11.5 Å². The molecule has 2 saturated heterocycles. The second-order valence-corrected chi connectivity index (χ2v) is 11.2. The molecule has 4 heterocycles. The molecule has 1 saturated carbocycles. The van der Waals surface area contributed by atoms with E-state index in [-0.39, 0.29) is 24.2 Å². The van der Waals surface area contributed by atoms with E-state index >= 15 is 0 Å². The lowest BCUT2D eigenvalue weighted by atomic mass is 9.56. The van der Waals surface area contributed by atoms with Crippen molar-refractivity contribution in [3.05, 3.63) is 41.2 Å². The lowest BCUT2D eigenvalue weighted by molar-refractivity contribution is -0.151. The molecule has 0 bridgehead atoms. The summed E-state index contributed by atoms with van der Waals surface area (Å²) in [5.41, 5.74) is 1.12. The third-order valence-corrected chi connectivity index (χ3v) is 9.31. The highest BCUT2D eigenvalue weighted by Crippen LogP contribution is 2.60. The summed E-state index contributed by atoms with van der Waals surface area (Å²) in [5, 5.41) is 27.7. The number of hydrogen-bond donors (Lipinski definition) is 2. The van der Waals surface area contributed by atoms with Crippen molar-refractivity contribution in [1.82, 2.24) is 19.6 Å². The van der Waals surface area contributed by atoms with Gasteiger partial charge in [0.1, 0.15) is 12.6 Å². The molecule has 8 heteroatoms. The largest absolute Gasteiger partial charge is 0.504 e. The van der Waals surface area contributed by atoms with Crippen LogP contribution in [0.25, 0.3) is 0 Å². The molecule has 4 aliphatic rings. The number of carbonyl (C=O) groups excluding carboxylic acids is 1. The molecule has 3 aliphatic heterocycles. The molecule has 1 aliphatic carbocycles. The predicted octanol–water partition coefficient (Wildman–Crippen LogP) is 2.37. The van der Waals surface area contributed by atoms with Crippen molar-refractivity contribution in [3.63, 3.8) is 0 Å². The van der Waals surface area contributed by atoms with Crippen LogP contribution in [0.5, 0.6) is 11.5 Å². The van der Waals surface area contributed by atoms with Gasteiger partial charge in [-0.05, 0) is 76.6 Å². The third-order valence-electron chi connectivity index (χ3n) is 9.31. The summed E-state index contributed by atoms with van der Waals surface area (Å²) in [6.07, 6.45) is 5.02. The van der Waals surface area contributed by atoms with E-state index in [9.17, 15) is 15.0 Å². The van der Waals surface area contributed by atoms with Gasteiger partial charge < -0.3 is 19.8 Å². The van der Waals surface area contributed by atoms with E-state index in [1.165, 1.54) is 12.8 Å². The molecule has 6 rings (SSSR count). The molecule has 1 aromatic carbocycles. The fraction of sp³-hybridized carbons (Fsp3) is 0.630. The molecule has 1 amide bonds. The highest BCUT2D eigenvalue weighted by Gasteiger charge is 2.68. The average Bonchev–Trinajstić information content (AvgIpc) is 3.49. The van der Waals surface area contributed by atoms with E-state index in [1.54, 1.807) is 16.9 Å². The van der Waals surface area contributed by atoms with Gasteiger partial charge in [-0.1, -0.05) is 6.07 Å². The number of benzene rings is 1. The predicted molar refractivity (Wildman–Crippen MR) is 130 cm³/mol. The number of phenolic OH excluding ortho intramolecular Hbond substituents is 1. The lowest BCUT2D eigenvalue weighted by Gasteiger charge is -2.57. The number of fused-ring (bicyclic) bond motifs is 1. The van der Waals surface area contributed by atoms with Gasteiger partial charge in [0.2, 0.25) is 5.91 Å². The van der Waals surface area contributed by atoms with Gasteiger partial charge >= 0.3 is 0 Å². The average molecular weight is 481 g/mol. The Kier molecular flexibility index (Phi) is 5.20. The van der Waals surface area contributed by atoms with Crippen LogP contribution in [-0.2, 0) is 16.8 Å². The summed E-state index contributed by atoms with van der Waals surface area (Å²) < 4.78 is 8.21. The number of amides is 1. The molecule has 1 spiro atoms. The van der Waals surface area contributed by atoms with Gasteiger partial charge in [0, 0.05) is 36.6 Å². The van der Waals surface area contributed by atoms with Crippen LogP contribution in [0.15, 0.2) is 24.4 Å². The zero-order valence-corrected chi connectivity index (χ0v) is 20.9. The Morgan fingerprint density at radius 2 is 2.00 bits per heavy atom. The first-order valence-electron chi connectivity index (χ1n) is 13.0. The fourth-order valence-corrected chi connectivity index (χ4v) is 7.06. The molecule has 0 radical (unpaired) electrons. The maximum Gasteiger partial charge on any atom is 0.244 e. The summed E-state index contributed by atoms with van der Waals surface area (Å²) in [7, 11) is 0. The van der Waals surface area contributed by atoms with Gasteiger partial charge in [0.15, 0.2) is 11.5 Å². The number of rotatable bonds is 4. The topological polar surface area (TPSA) is 91.1 Å². The number of aromatic hydroxyl groups is 1. The van der Waals surface area contributed by atoms with Crippen molar-refractivity contribution in [2.75, 3.05) is 26.2 Å². The second-order valence-electron chi connectivity index (χ2n) is 11.2. The minimum Gasteiger partial charge on any atom is -0.504 e. The number of hydrogen-bond acceptors (Lipinski definition) is 6. The van der Waals surface area contributed by atoms with Crippen LogP contribution in [0.1, 0.15) is 49.4 Å². The summed E-state index contributed by atoms with van der Waals surface area (Å²) in [6.45, 7) is 9.00. The summed E-state index contributed by atoms with van der Waals surface area (Å²) in [5.74, 6) is 1.28. The number of aliphatic hydroxyl groups is 1. The zero-order chi connectivity index (χ0) is 24.5. The Labute approximate surface area is 206 Å². The smallest absolute Gasteiger partial charge is 0.244 e. The van der Waals surface area contributed by atoms with E-state index in [2.05, 4.69) is 16.9 Å². The minimum atomic E-state index is -1.09. The third kappa shape index (κ3) is 3.33. The van der Waals surface area contributed by atoms with Crippen LogP contribution >= 0.6 is 0 Å².